The number of carbonyl (C=O) groups is 2. The maximum atomic E-state index is 12.1. The number of amides is 1. The fourth-order valence-electron chi connectivity index (χ4n) is 2.12. The van der Waals surface area contributed by atoms with Gasteiger partial charge in [-0.3, -0.25) is 9.78 Å². The highest BCUT2D eigenvalue weighted by Gasteiger charge is 2.13. The number of aromatic nitrogens is 1. The van der Waals surface area contributed by atoms with Crippen molar-refractivity contribution >= 4 is 29.4 Å². The lowest BCUT2D eigenvalue weighted by Gasteiger charge is -2.09. The van der Waals surface area contributed by atoms with E-state index >= 15 is 0 Å². The average molecular weight is 381 g/mol. The molecule has 0 radical (unpaired) electrons. The van der Waals surface area contributed by atoms with Crippen LogP contribution in [0.2, 0.25) is 0 Å². The number of nitrogens with one attached hydrogen (secondary N) is 1. The van der Waals surface area contributed by atoms with E-state index < -0.39 is 5.97 Å². The Kier molecular flexibility index (Phi) is 5.91. The molecule has 136 valence electrons. The largest absolute Gasteiger partial charge is 0.493 e. The number of rotatable bonds is 6. The Balaban J connectivity index is 1.67. The fraction of sp³-hybridized carbons (Fsp3) is 0.0526. The fourth-order valence-corrected chi connectivity index (χ4v) is 2.73. The van der Waals surface area contributed by atoms with E-state index in [0.29, 0.717) is 21.8 Å². The molecule has 0 bridgehead atoms. The molecule has 3 aromatic rings. The first-order valence-corrected chi connectivity index (χ1v) is 8.72. The van der Waals surface area contributed by atoms with Crippen LogP contribution >= 0.6 is 11.3 Å². The van der Waals surface area contributed by atoms with E-state index in [9.17, 15) is 9.59 Å². The number of hydrazone groups is 1. The third-order valence-electron chi connectivity index (χ3n) is 3.41. The minimum Gasteiger partial charge on any atom is -0.493 e. The second-order valence-electron chi connectivity index (χ2n) is 5.22. The molecule has 1 N–H and O–H groups in total. The molecule has 2 heterocycles. The molecule has 0 saturated carbocycles. The van der Waals surface area contributed by atoms with Gasteiger partial charge in [0.25, 0.3) is 5.91 Å². The zero-order valence-corrected chi connectivity index (χ0v) is 15.1. The van der Waals surface area contributed by atoms with Crippen molar-refractivity contribution in [2.45, 2.75) is 0 Å². The highest BCUT2D eigenvalue weighted by Crippen LogP contribution is 2.28. The molecule has 8 heteroatoms. The molecule has 3 rings (SSSR count). The molecule has 1 amide bonds. The second-order valence-corrected chi connectivity index (χ2v) is 6.17. The van der Waals surface area contributed by atoms with E-state index in [2.05, 4.69) is 15.5 Å². The van der Waals surface area contributed by atoms with Crippen molar-refractivity contribution < 1.29 is 19.1 Å². The van der Waals surface area contributed by atoms with Crippen LogP contribution in [0.25, 0.3) is 0 Å². The smallest absolute Gasteiger partial charge is 0.345 e. The predicted molar refractivity (Wildman–Crippen MR) is 102 cm³/mol. The first-order chi connectivity index (χ1) is 13.2. The van der Waals surface area contributed by atoms with Crippen LogP contribution in [0.1, 0.15) is 25.6 Å². The van der Waals surface area contributed by atoms with Crippen LogP contribution in [0.15, 0.2) is 65.3 Å². The van der Waals surface area contributed by atoms with Crippen molar-refractivity contribution in [3.05, 3.63) is 76.2 Å². The monoisotopic (exact) mass is 381 g/mol. The van der Waals surface area contributed by atoms with Gasteiger partial charge in [-0.15, -0.1) is 11.3 Å². The van der Waals surface area contributed by atoms with Gasteiger partial charge in [-0.05, 0) is 47.3 Å². The lowest BCUT2D eigenvalue weighted by Crippen LogP contribution is -2.16. The molecule has 2 aromatic heterocycles. The van der Waals surface area contributed by atoms with Crippen LogP contribution in [0.5, 0.6) is 11.5 Å². The van der Waals surface area contributed by atoms with Crippen LogP contribution in [0, 0.1) is 0 Å². The summed E-state index contributed by atoms with van der Waals surface area (Å²) < 4.78 is 10.6. The quantitative estimate of drug-likeness (QED) is 0.307. The molecular formula is C19H15N3O4S. The summed E-state index contributed by atoms with van der Waals surface area (Å²) in [5.74, 6) is -0.187. The molecule has 0 saturated heterocycles. The number of esters is 1. The molecule has 27 heavy (non-hydrogen) atoms. The Morgan fingerprint density at radius 2 is 2.07 bits per heavy atom. The maximum absolute atomic E-state index is 12.1. The summed E-state index contributed by atoms with van der Waals surface area (Å²) in [6.07, 6.45) is 4.47. The molecule has 0 aliphatic heterocycles. The zero-order valence-electron chi connectivity index (χ0n) is 14.3. The van der Waals surface area contributed by atoms with Crippen LogP contribution in [0.4, 0.5) is 0 Å². The normalized spacial score (nSPS) is 10.6. The SMILES string of the molecule is COc1cc(/C=N\NC(=O)c2cccs2)ccc1OC(=O)c1cccnc1. The third-order valence-corrected chi connectivity index (χ3v) is 4.28. The maximum Gasteiger partial charge on any atom is 0.345 e. The summed E-state index contributed by atoms with van der Waals surface area (Å²) in [6.45, 7) is 0. The summed E-state index contributed by atoms with van der Waals surface area (Å²) in [4.78, 5) is 28.4. The van der Waals surface area contributed by atoms with E-state index in [4.69, 9.17) is 9.47 Å². The van der Waals surface area contributed by atoms with Crippen molar-refractivity contribution in [3.63, 3.8) is 0 Å². The topological polar surface area (TPSA) is 89.9 Å². The Morgan fingerprint density at radius 1 is 1.19 bits per heavy atom. The number of methoxy groups -OCH3 is 1. The van der Waals surface area contributed by atoms with E-state index in [1.807, 2.05) is 5.38 Å². The average Bonchev–Trinajstić information content (AvgIpc) is 3.24. The molecule has 1 aromatic carbocycles. The van der Waals surface area contributed by atoms with Crippen LogP contribution in [-0.4, -0.2) is 30.2 Å². The van der Waals surface area contributed by atoms with Gasteiger partial charge in [0.15, 0.2) is 11.5 Å². The number of carbonyl (C=O) groups excluding carboxylic acids is 2. The van der Waals surface area contributed by atoms with E-state index in [1.54, 1.807) is 48.7 Å². The molecule has 0 unspecified atom stereocenters. The van der Waals surface area contributed by atoms with E-state index in [-0.39, 0.29) is 11.7 Å². The van der Waals surface area contributed by atoms with Crippen molar-refractivity contribution in [2.75, 3.05) is 7.11 Å². The number of hydrogen-bond donors (Lipinski definition) is 1. The van der Waals surface area contributed by atoms with Crippen molar-refractivity contribution in [1.29, 1.82) is 0 Å². The Bertz CT molecular complexity index is 956. The standard InChI is InChI=1S/C19H15N3O4S/c1-25-16-10-13(11-21-22-18(23)17-5-3-9-27-17)6-7-15(16)26-19(24)14-4-2-8-20-12-14/h2-12H,1H3,(H,22,23)/b21-11-. The summed E-state index contributed by atoms with van der Waals surface area (Å²) in [5.41, 5.74) is 3.45. The number of thiophene rings is 1. The minimum absolute atomic E-state index is 0.270. The van der Waals surface area contributed by atoms with Crippen LogP contribution < -0.4 is 14.9 Å². The van der Waals surface area contributed by atoms with Gasteiger partial charge in [0.2, 0.25) is 0 Å². The van der Waals surface area contributed by atoms with Gasteiger partial charge in [0.1, 0.15) is 0 Å². The number of hydrogen-bond acceptors (Lipinski definition) is 7. The lowest BCUT2D eigenvalue weighted by molar-refractivity contribution is 0.0729. The number of ether oxygens (including phenoxy) is 2. The first-order valence-electron chi connectivity index (χ1n) is 7.84. The molecule has 7 nitrogen and oxygen atoms in total. The van der Waals surface area contributed by atoms with Gasteiger partial charge < -0.3 is 9.47 Å². The highest BCUT2D eigenvalue weighted by atomic mass is 32.1. The van der Waals surface area contributed by atoms with Gasteiger partial charge in [0, 0.05) is 12.4 Å². The number of benzene rings is 1. The number of pyridine rings is 1. The molecule has 0 atom stereocenters. The molecule has 0 aliphatic carbocycles. The molecule has 0 fully saturated rings. The van der Waals surface area contributed by atoms with Crippen LogP contribution in [-0.2, 0) is 0 Å². The van der Waals surface area contributed by atoms with Gasteiger partial charge in [0.05, 0.1) is 23.8 Å². The Hall–Kier alpha value is -3.52. The van der Waals surface area contributed by atoms with Gasteiger partial charge >= 0.3 is 5.97 Å². The minimum atomic E-state index is -0.536. The van der Waals surface area contributed by atoms with Crippen molar-refractivity contribution in [1.82, 2.24) is 10.4 Å². The van der Waals surface area contributed by atoms with Crippen molar-refractivity contribution in [2.24, 2.45) is 5.10 Å². The lowest BCUT2D eigenvalue weighted by atomic mass is 10.2. The summed E-state index contributed by atoms with van der Waals surface area (Å²) in [7, 11) is 1.47. The van der Waals surface area contributed by atoms with Crippen LogP contribution in [0.3, 0.4) is 0 Å². The summed E-state index contributed by atoms with van der Waals surface area (Å²) >= 11 is 1.33. The van der Waals surface area contributed by atoms with Crippen molar-refractivity contribution in [3.8, 4) is 11.5 Å². The second kappa shape index (κ2) is 8.72. The van der Waals surface area contributed by atoms with Gasteiger partial charge in [-0.25, -0.2) is 10.2 Å². The summed E-state index contributed by atoms with van der Waals surface area (Å²) in [6, 6.07) is 11.7. The van der Waals surface area contributed by atoms with E-state index in [1.165, 1.54) is 30.9 Å². The Morgan fingerprint density at radius 3 is 2.78 bits per heavy atom. The third kappa shape index (κ3) is 4.77. The number of nitrogens with zero attached hydrogens (tertiary/aromatic N) is 2. The van der Waals surface area contributed by atoms with Gasteiger partial charge in [-0.1, -0.05) is 6.07 Å². The zero-order chi connectivity index (χ0) is 19.1. The summed E-state index contributed by atoms with van der Waals surface area (Å²) in [5, 5.41) is 5.74. The predicted octanol–water partition coefficient (Wildman–Crippen LogP) is 3.13. The molecule has 0 spiro atoms. The molecule has 0 aliphatic rings. The van der Waals surface area contributed by atoms with E-state index in [0.717, 1.165) is 0 Å². The first kappa shape index (κ1) is 18.3. The molecular weight excluding hydrogens is 366 g/mol. The highest BCUT2D eigenvalue weighted by molar-refractivity contribution is 7.12. The van der Waals surface area contributed by atoms with Gasteiger partial charge in [-0.2, -0.15) is 5.10 Å². The Labute approximate surface area is 159 Å².